The van der Waals surface area contributed by atoms with Crippen molar-refractivity contribution in [3.05, 3.63) is 25.3 Å². The van der Waals surface area contributed by atoms with E-state index in [0.717, 1.165) is 0 Å². The Labute approximate surface area is 84.2 Å². The lowest BCUT2D eigenvalue weighted by molar-refractivity contribution is -0.141. The highest BCUT2D eigenvalue weighted by Gasteiger charge is 2.21. The fourth-order valence-corrected chi connectivity index (χ4v) is 1.40. The number of hydrogen-bond donors (Lipinski definition) is 2. The molecular formula is C9H15NO2S. The zero-order chi connectivity index (χ0) is 10.3. The van der Waals surface area contributed by atoms with Crippen molar-refractivity contribution in [2.45, 2.75) is 6.04 Å². The number of nitrogens with zero attached hydrogens (tertiary/aromatic N) is 1. The first-order valence-corrected chi connectivity index (χ1v) is 4.60. The van der Waals surface area contributed by atoms with Crippen LogP contribution in [0, 0.1) is 0 Å². The fourth-order valence-electron chi connectivity index (χ4n) is 1.01. The van der Waals surface area contributed by atoms with Crippen molar-refractivity contribution >= 4 is 18.6 Å². The van der Waals surface area contributed by atoms with E-state index in [4.69, 9.17) is 5.11 Å². The first-order chi connectivity index (χ1) is 6.17. The van der Waals surface area contributed by atoms with Gasteiger partial charge in [0.25, 0.3) is 0 Å². The Bertz CT molecular complexity index is 184. The maximum atomic E-state index is 10.8. The van der Waals surface area contributed by atoms with Gasteiger partial charge in [-0.05, 0) is 0 Å². The molecule has 0 aromatic heterocycles. The Morgan fingerprint density at radius 2 is 1.92 bits per heavy atom. The van der Waals surface area contributed by atoms with E-state index in [2.05, 4.69) is 25.8 Å². The van der Waals surface area contributed by atoms with Crippen LogP contribution in [0.4, 0.5) is 0 Å². The number of rotatable bonds is 7. The summed E-state index contributed by atoms with van der Waals surface area (Å²) in [4.78, 5) is 12.5. The molecule has 13 heavy (non-hydrogen) atoms. The molecule has 0 spiro atoms. The lowest BCUT2D eigenvalue weighted by atomic mass is 10.2. The molecule has 0 saturated carbocycles. The van der Waals surface area contributed by atoms with Gasteiger partial charge >= 0.3 is 5.97 Å². The third-order valence-electron chi connectivity index (χ3n) is 1.63. The summed E-state index contributed by atoms with van der Waals surface area (Å²) in [5, 5.41) is 8.84. The van der Waals surface area contributed by atoms with Gasteiger partial charge in [0.1, 0.15) is 6.04 Å². The smallest absolute Gasteiger partial charge is 0.321 e. The van der Waals surface area contributed by atoms with Crippen molar-refractivity contribution in [2.24, 2.45) is 0 Å². The number of carbonyl (C=O) groups is 1. The van der Waals surface area contributed by atoms with E-state index in [1.807, 2.05) is 0 Å². The Kier molecular flexibility index (Phi) is 6.36. The largest absolute Gasteiger partial charge is 0.480 e. The molecule has 1 unspecified atom stereocenters. The molecule has 1 N–H and O–H groups in total. The molecule has 0 aromatic rings. The minimum atomic E-state index is -0.862. The molecule has 0 bridgehead atoms. The lowest BCUT2D eigenvalue weighted by Gasteiger charge is -2.24. The molecule has 0 aliphatic rings. The molecule has 0 amide bonds. The van der Waals surface area contributed by atoms with E-state index in [-0.39, 0.29) is 5.75 Å². The lowest BCUT2D eigenvalue weighted by Crippen LogP contribution is -2.42. The van der Waals surface area contributed by atoms with Crippen LogP contribution in [-0.2, 0) is 4.79 Å². The van der Waals surface area contributed by atoms with Gasteiger partial charge in [-0.15, -0.1) is 13.2 Å². The molecule has 0 fully saturated rings. The van der Waals surface area contributed by atoms with Gasteiger partial charge < -0.3 is 5.11 Å². The zero-order valence-corrected chi connectivity index (χ0v) is 8.41. The van der Waals surface area contributed by atoms with Crippen LogP contribution >= 0.6 is 12.6 Å². The van der Waals surface area contributed by atoms with E-state index in [1.54, 1.807) is 17.1 Å². The standard InChI is InChI=1S/C9H15NO2S/c1-3-5-10(6-4-2)8(7-13)9(11)12/h3-4,8,13H,1-2,5-7H2,(H,11,12). The highest BCUT2D eigenvalue weighted by Crippen LogP contribution is 2.02. The third kappa shape index (κ3) is 4.15. The third-order valence-corrected chi connectivity index (χ3v) is 1.97. The molecule has 3 nitrogen and oxygen atoms in total. The van der Waals surface area contributed by atoms with Crippen LogP contribution in [0.3, 0.4) is 0 Å². The summed E-state index contributed by atoms with van der Waals surface area (Å²) < 4.78 is 0. The van der Waals surface area contributed by atoms with Gasteiger partial charge in [-0.2, -0.15) is 12.6 Å². The highest BCUT2D eigenvalue weighted by atomic mass is 32.1. The monoisotopic (exact) mass is 201 g/mol. The Balaban J connectivity index is 4.36. The summed E-state index contributed by atoms with van der Waals surface area (Å²) in [6, 6.07) is -0.570. The van der Waals surface area contributed by atoms with Crippen molar-refractivity contribution in [1.82, 2.24) is 4.90 Å². The zero-order valence-electron chi connectivity index (χ0n) is 7.52. The average Bonchev–Trinajstić information content (AvgIpc) is 2.05. The SMILES string of the molecule is C=CCN(CC=C)C(CS)C(=O)O. The minimum Gasteiger partial charge on any atom is -0.480 e. The molecule has 1 atom stereocenters. The van der Waals surface area contributed by atoms with Gasteiger partial charge in [-0.25, -0.2) is 0 Å². The van der Waals surface area contributed by atoms with Crippen LogP contribution in [0.2, 0.25) is 0 Å². The first kappa shape index (κ1) is 12.3. The molecule has 0 saturated heterocycles. The number of thiol groups is 1. The molecule has 74 valence electrons. The van der Waals surface area contributed by atoms with Crippen LogP contribution in [-0.4, -0.2) is 40.9 Å². The quantitative estimate of drug-likeness (QED) is 0.478. The van der Waals surface area contributed by atoms with Crippen LogP contribution < -0.4 is 0 Å². The summed E-state index contributed by atoms with van der Waals surface area (Å²) >= 11 is 3.99. The summed E-state index contributed by atoms with van der Waals surface area (Å²) in [5.41, 5.74) is 0. The van der Waals surface area contributed by atoms with Gasteiger partial charge in [-0.1, -0.05) is 12.2 Å². The Morgan fingerprint density at radius 3 is 2.15 bits per heavy atom. The summed E-state index contributed by atoms with van der Waals surface area (Å²) in [6.45, 7) is 8.19. The normalized spacial score (nSPS) is 12.5. The molecular weight excluding hydrogens is 186 g/mol. The van der Waals surface area contributed by atoms with Crippen molar-refractivity contribution in [2.75, 3.05) is 18.8 Å². The number of aliphatic carboxylic acids is 1. The first-order valence-electron chi connectivity index (χ1n) is 3.96. The van der Waals surface area contributed by atoms with Gasteiger partial charge in [0.2, 0.25) is 0 Å². The molecule has 4 heteroatoms. The molecule has 0 aliphatic carbocycles. The number of carboxylic acids is 1. The van der Waals surface area contributed by atoms with E-state index in [0.29, 0.717) is 13.1 Å². The van der Waals surface area contributed by atoms with Crippen molar-refractivity contribution in [3.8, 4) is 0 Å². The summed E-state index contributed by atoms with van der Waals surface area (Å²) in [5.74, 6) is -0.574. The van der Waals surface area contributed by atoms with Crippen molar-refractivity contribution in [3.63, 3.8) is 0 Å². The van der Waals surface area contributed by atoms with E-state index in [9.17, 15) is 4.79 Å². The van der Waals surface area contributed by atoms with Crippen LogP contribution in [0.25, 0.3) is 0 Å². The number of carboxylic acid groups (broad SMARTS) is 1. The van der Waals surface area contributed by atoms with E-state index >= 15 is 0 Å². The van der Waals surface area contributed by atoms with Crippen molar-refractivity contribution < 1.29 is 9.90 Å². The maximum absolute atomic E-state index is 10.8. The minimum absolute atomic E-state index is 0.289. The predicted molar refractivity (Wildman–Crippen MR) is 57.2 cm³/mol. The molecule has 0 radical (unpaired) electrons. The molecule has 0 aliphatic heterocycles. The van der Waals surface area contributed by atoms with Crippen molar-refractivity contribution in [1.29, 1.82) is 0 Å². The molecule has 0 aromatic carbocycles. The second-order valence-electron chi connectivity index (χ2n) is 2.57. The molecule has 0 heterocycles. The van der Waals surface area contributed by atoms with Gasteiger partial charge in [0, 0.05) is 18.8 Å². The summed E-state index contributed by atoms with van der Waals surface area (Å²) in [6.07, 6.45) is 3.34. The van der Waals surface area contributed by atoms with Gasteiger partial charge in [-0.3, -0.25) is 9.69 Å². The second kappa shape index (κ2) is 6.74. The predicted octanol–water partition coefficient (Wildman–Crippen LogP) is 1.04. The van der Waals surface area contributed by atoms with Gasteiger partial charge in [0.05, 0.1) is 0 Å². The Morgan fingerprint density at radius 1 is 1.46 bits per heavy atom. The van der Waals surface area contributed by atoms with E-state index < -0.39 is 12.0 Å². The Hall–Kier alpha value is -0.740. The average molecular weight is 201 g/mol. The number of hydrogen-bond acceptors (Lipinski definition) is 3. The summed E-state index contributed by atoms with van der Waals surface area (Å²) in [7, 11) is 0. The molecule has 0 rings (SSSR count). The van der Waals surface area contributed by atoms with Crippen LogP contribution in [0.1, 0.15) is 0 Å². The topological polar surface area (TPSA) is 40.5 Å². The highest BCUT2D eigenvalue weighted by molar-refractivity contribution is 7.80. The second-order valence-corrected chi connectivity index (χ2v) is 2.93. The van der Waals surface area contributed by atoms with Crippen LogP contribution in [0.5, 0.6) is 0 Å². The van der Waals surface area contributed by atoms with Crippen LogP contribution in [0.15, 0.2) is 25.3 Å². The van der Waals surface area contributed by atoms with E-state index in [1.165, 1.54) is 0 Å². The van der Waals surface area contributed by atoms with Gasteiger partial charge in [0.15, 0.2) is 0 Å². The fraction of sp³-hybridized carbons (Fsp3) is 0.444. The maximum Gasteiger partial charge on any atom is 0.321 e.